The third-order valence-electron chi connectivity index (χ3n) is 1.91. The molecule has 15 heavy (non-hydrogen) atoms. The Morgan fingerprint density at radius 3 is 2.60 bits per heavy atom. The van der Waals surface area contributed by atoms with Crippen molar-refractivity contribution in [3.05, 3.63) is 50.9 Å². The third-order valence-corrected chi connectivity index (χ3v) is 1.91. The Balaban J connectivity index is 3.44. The first kappa shape index (κ1) is 11.0. The fraction of sp³-hybridized carbons (Fsp3) is 0.222. The van der Waals surface area contributed by atoms with Crippen molar-refractivity contribution < 1.29 is 13.7 Å². The first-order chi connectivity index (χ1) is 6.99. The van der Waals surface area contributed by atoms with E-state index in [0.29, 0.717) is 0 Å². The summed E-state index contributed by atoms with van der Waals surface area (Å²) in [6, 6.07) is 0.452. The minimum absolute atomic E-state index is 0.556. The van der Waals surface area contributed by atoms with Gasteiger partial charge in [-0.05, 0) is 6.07 Å². The summed E-state index contributed by atoms with van der Waals surface area (Å²) in [5, 5.41) is 10.4. The van der Waals surface area contributed by atoms with Crippen LogP contribution in [0, 0.1) is 28.3 Å². The normalized spacial score (nSPS) is 11.9. The number of nitro groups is 1. The average Bonchev–Trinajstić information content (AvgIpc) is 2.16. The van der Waals surface area contributed by atoms with Gasteiger partial charge in [-0.3, -0.25) is 10.1 Å². The topological polar surface area (TPSA) is 47.5 Å². The summed E-state index contributed by atoms with van der Waals surface area (Å²) < 4.78 is 26.5. The molecule has 0 fully saturated rings. The fourth-order valence-corrected chi connectivity index (χ4v) is 1.15. The van der Waals surface area contributed by atoms with E-state index in [9.17, 15) is 18.9 Å². The largest absolute Gasteiger partial charge is 0.309 e. The zero-order chi connectivity index (χ0) is 11.6. The highest BCUT2D eigenvalue weighted by atomic mass is 19.1. The van der Waals surface area contributed by atoms with E-state index in [1.807, 2.05) is 0 Å². The second-order valence-electron chi connectivity index (χ2n) is 2.86. The summed E-state index contributed by atoms with van der Waals surface area (Å²) in [5.41, 5.74) is -1.37. The number of halogens is 2. The van der Waals surface area contributed by atoms with Crippen LogP contribution in [0.1, 0.15) is 18.5 Å². The van der Waals surface area contributed by atoms with Crippen molar-refractivity contribution >= 4 is 5.69 Å². The molecule has 0 aliphatic carbocycles. The Labute approximate surface area is 84.1 Å². The van der Waals surface area contributed by atoms with Crippen molar-refractivity contribution in [3.8, 4) is 0 Å². The molecule has 1 atom stereocenters. The molecule has 0 saturated heterocycles. The van der Waals surface area contributed by atoms with Crippen LogP contribution in [0.3, 0.4) is 0 Å². The lowest BCUT2D eigenvalue weighted by Gasteiger charge is -2.03. The molecule has 0 aliphatic heterocycles. The van der Waals surface area contributed by atoms with Gasteiger partial charge in [0.25, 0.3) is 6.04 Å². The maximum absolute atomic E-state index is 13.4. The second kappa shape index (κ2) is 4.00. The Morgan fingerprint density at radius 2 is 2.13 bits per heavy atom. The molecule has 0 N–H and O–H groups in total. The number of hydrogen-bond donors (Lipinski definition) is 0. The highest BCUT2D eigenvalue weighted by Crippen LogP contribution is 2.29. The quantitative estimate of drug-likeness (QED) is 0.430. The molecular weight excluding hydrogens is 206 g/mol. The summed E-state index contributed by atoms with van der Waals surface area (Å²) in [5.74, 6) is -2.22. The van der Waals surface area contributed by atoms with Crippen LogP contribution in [0.5, 0.6) is 0 Å². The van der Waals surface area contributed by atoms with Gasteiger partial charge in [0.15, 0.2) is 0 Å². The van der Waals surface area contributed by atoms with Crippen LogP contribution >= 0.6 is 0 Å². The number of benzene rings is 1. The zero-order valence-corrected chi connectivity index (χ0v) is 7.70. The summed E-state index contributed by atoms with van der Waals surface area (Å²) in [7, 11) is 0. The molecule has 0 radical (unpaired) electrons. The highest BCUT2D eigenvalue weighted by Gasteiger charge is 2.27. The smallest absolute Gasteiger partial charge is 0.305 e. The van der Waals surface area contributed by atoms with Crippen molar-refractivity contribution in [2.24, 2.45) is 0 Å². The molecule has 4 nitrogen and oxygen atoms in total. The van der Waals surface area contributed by atoms with Crippen LogP contribution in [-0.4, -0.2) is 4.92 Å². The van der Waals surface area contributed by atoms with Gasteiger partial charge in [-0.15, -0.1) is 0 Å². The van der Waals surface area contributed by atoms with Crippen molar-refractivity contribution in [2.75, 3.05) is 0 Å². The number of hydrogen-bond acceptors (Lipinski definition) is 2. The van der Waals surface area contributed by atoms with E-state index in [1.165, 1.54) is 6.92 Å². The van der Waals surface area contributed by atoms with Gasteiger partial charge in [-0.1, -0.05) is 0 Å². The van der Waals surface area contributed by atoms with E-state index < -0.39 is 33.9 Å². The molecule has 6 heteroatoms. The maximum Gasteiger partial charge on any atom is 0.305 e. The molecule has 0 heterocycles. The van der Waals surface area contributed by atoms with Crippen molar-refractivity contribution in [2.45, 2.75) is 13.0 Å². The zero-order valence-electron chi connectivity index (χ0n) is 7.70. The van der Waals surface area contributed by atoms with Crippen LogP contribution in [-0.2, 0) is 0 Å². The standard InChI is InChI=1S/C9H6F2N2O2/c1-5(12-2)8-6(10)3-4-7(9(8)11)13(14)15/h3-5H,1H3. The maximum atomic E-state index is 13.4. The van der Waals surface area contributed by atoms with Gasteiger partial charge in [0.05, 0.1) is 4.92 Å². The monoisotopic (exact) mass is 212 g/mol. The predicted octanol–water partition coefficient (Wildman–Crippen LogP) is 2.85. The molecule has 0 aliphatic rings. The lowest BCUT2D eigenvalue weighted by atomic mass is 10.1. The molecule has 78 valence electrons. The van der Waals surface area contributed by atoms with E-state index in [2.05, 4.69) is 4.85 Å². The molecule has 1 aromatic carbocycles. The van der Waals surface area contributed by atoms with Gasteiger partial charge in [-0.25, -0.2) is 11.0 Å². The lowest BCUT2D eigenvalue weighted by molar-refractivity contribution is -0.387. The first-order valence-corrected chi connectivity index (χ1v) is 3.98. The second-order valence-corrected chi connectivity index (χ2v) is 2.86. The van der Waals surface area contributed by atoms with Crippen LogP contribution in [0.2, 0.25) is 0 Å². The Hall–Kier alpha value is -2.03. The van der Waals surface area contributed by atoms with Crippen molar-refractivity contribution in [3.63, 3.8) is 0 Å². The number of rotatable bonds is 2. The summed E-state index contributed by atoms with van der Waals surface area (Å²) in [4.78, 5) is 12.3. The Kier molecular flexibility index (Phi) is 2.95. The highest BCUT2D eigenvalue weighted by molar-refractivity contribution is 5.39. The molecule has 0 saturated carbocycles. The van der Waals surface area contributed by atoms with Crippen LogP contribution < -0.4 is 0 Å². The minimum Gasteiger partial charge on any atom is -0.309 e. The van der Waals surface area contributed by atoms with Crippen LogP contribution in [0.15, 0.2) is 12.1 Å². The summed E-state index contributed by atoms with van der Waals surface area (Å²) >= 11 is 0. The third kappa shape index (κ3) is 1.91. The molecule has 0 amide bonds. The summed E-state index contributed by atoms with van der Waals surface area (Å²) in [6.07, 6.45) is 0. The van der Waals surface area contributed by atoms with E-state index in [4.69, 9.17) is 6.57 Å². The molecule has 1 rings (SSSR count). The Bertz CT molecular complexity index is 454. The first-order valence-electron chi connectivity index (χ1n) is 3.98. The van der Waals surface area contributed by atoms with Gasteiger partial charge in [-0.2, -0.15) is 4.39 Å². The molecule has 0 spiro atoms. The van der Waals surface area contributed by atoms with Crippen LogP contribution in [0.25, 0.3) is 4.85 Å². The number of nitro benzene ring substituents is 1. The van der Waals surface area contributed by atoms with Crippen molar-refractivity contribution in [1.82, 2.24) is 0 Å². The fourth-order valence-electron chi connectivity index (χ4n) is 1.15. The lowest BCUT2D eigenvalue weighted by Crippen LogP contribution is -2.02. The van der Waals surface area contributed by atoms with Crippen LogP contribution in [0.4, 0.5) is 14.5 Å². The van der Waals surface area contributed by atoms with E-state index in [-0.39, 0.29) is 0 Å². The SMILES string of the molecule is [C-]#[N+]C(C)c1c(F)ccc([N+](=O)[O-])c1F. The van der Waals surface area contributed by atoms with Crippen molar-refractivity contribution in [1.29, 1.82) is 0 Å². The molecule has 1 aromatic rings. The van der Waals surface area contributed by atoms with Gasteiger partial charge in [0.2, 0.25) is 5.82 Å². The molecule has 1 unspecified atom stereocenters. The minimum atomic E-state index is -1.27. The van der Waals surface area contributed by atoms with Gasteiger partial charge in [0.1, 0.15) is 11.4 Å². The Morgan fingerprint density at radius 1 is 1.53 bits per heavy atom. The van der Waals surface area contributed by atoms with E-state index >= 15 is 0 Å². The molecule has 0 bridgehead atoms. The number of nitrogens with zero attached hydrogens (tertiary/aromatic N) is 2. The van der Waals surface area contributed by atoms with Gasteiger partial charge < -0.3 is 4.85 Å². The van der Waals surface area contributed by atoms with E-state index in [1.54, 1.807) is 0 Å². The predicted molar refractivity (Wildman–Crippen MR) is 48.0 cm³/mol. The van der Waals surface area contributed by atoms with Gasteiger partial charge in [0, 0.05) is 13.0 Å². The van der Waals surface area contributed by atoms with Gasteiger partial charge >= 0.3 is 5.69 Å². The molecule has 0 aromatic heterocycles. The average molecular weight is 212 g/mol. The summed E-state index contributed by atoms with van der Waals surface area (Å²) in [6.45, 7) is 7.92. The molecular formula is C9H6F2N2O2. The van der Waals surface area contributed by atoms with E-state index in [0.717, 1.165) is 12.1 Å².